The zero-order valence-corrected chi connectivity index (χ0v) is 10.0. The van der Waals surface area contributed by atoms with Crippen LogP contribution in [0.5, 0.6) is 5.75 Å². The van der Waals surface area contributed by atoms with Crippen LogP contribution in [0.1, 0.15) is 25.7 Å². The first-order chi connectivity index (χ1) is 8.13. The van der Waals surface area contributed by atoms with Crippen molar-refractivity contribution in [1.29, 1.82) is 0 Å². The number of benzene rings is 1. The molecule has 1 aromatic carbocycles. The first kappa shape index (κ1) is 11.9. The summed E-state index contributed by atoms with van der Waals surface area (Å²) >= 11 is 0. The molecule has 0 atom stereocenters. The van der Waals surface area contributed by atoms with Gasteiger partial charge in [-0.25, -0.2) is 0 Å². The van der Waals surface area contributed by atoms with Crippen LogP contribution >= 0.6 is 0 Å². The Kier molecular flexibility index (Phi) is 3.33. The molecular weight excluding hydrogens is 216 g/mol. The van der Waals surface area contributed by atoms with Gasteiger partial charge in [0.05, 0.1) is 12.8 Å². The SMILES string of the molecule is COc1ccccc1NC(=O)CC1(N)CCC1. The van der Waals surface area contributed by atoms with Crippen molar-refractivity contribution in [3.8, 4) is 5.75 Å². The second-order valence-electron chi connectivity index (χ2n) is 4.64. The van der Waals surface area contributed by atoms with E-state index in [2.05, 4.69) is 5.32 Å². The minimum absolute atomic E-state index is 0.0447. The molecule has 0 heterocycles. The first-order valence-corrected chi connectivity index (χ1v) is 5.85. The molecule has 0 aliphatic heterocycles. The van der Waals surface area contributed by atoms with Crippen LogP contribution in [-0.2, 0) is 4.79 Å². The summed E-state index contributed by atoms with van der Waals surface area (Å²) in [7, 11) is 1.58. The second-order valence-corrected chi connectivity index (χ2v) is 4.64. The molecule has 0 saturated heterocycles. The van der Waals surface area contributed by atoms with Crippen LogP contribution in [0.15, 0.2) is 24.3 Å². The minimum Gasteiger partial charge on any atom is -0.495 e. The molecule has 3 N–H and O–H groups in total. The number of amides is 1. The Bertz CT molecular complexity index is 414. The molecule has 0 bridgehead atoms. The van der Waals surface area contributed by atoms with Gasteiger partial charge in [-0.2, -0.15) is 0 Å². The summed E-state index contributed by atoms with van der Waals surface area (Å²) in [6.45, 7) is 0. The monoisotopic (exact) mass is 234 g/mol. The van der Waals surface area contributed by atoms with E-state index in [0.717, 1.165) is 19.3 Å². The smallest absolute Gasteiger partial charge is 0.226 e. The Morgan fingerprint density at radius 2 is 2.18 bits per heavy atom. The molecule has 0 radical (unpaired) electrons. The molecule has 1 saturated carbocycles. The average molecular weight is 234 g/mol. The predicted molar refractivity (Wildman–Crippen MR) is 67.0 cm³/mol. The molecular formula is C13H18N2O2. The normalized spacial score (nSPS) is 17.1. The summed E-state index contributed by atoms with van der Waals surface area (Å²) in [5.74, 6) is 0.622. The van der Waals surface area contributed by atoms with E-state index in [1.807, 2.05) is 24.3 Å². The molecule has 1 fully saturated rings. The van der Waals surface area contributed by atoms with E-state index >= 15 is 0 Å². The van der Waals surface area contributed by atoms with Gasteiger partial charge in [-0.05, 0) is 31.4 Å². The van der Waals surface area contributed by atoms with Gasteiger partial charge in [0.25, 0.3) is 0 Å². The van der Waals surface area contributed by atoms with Crippen LogP contribution in [-0.4, -0.2) is 18.6 Å². The van der Waals surface area contributed by atoms with Gasteiger partial charge in [0, 0.05) is 12.0 Å². The summed E-state index contributed by atoms with van der Waals surface area (Å²) in [6.07, 6.45) is 3.38. The van der Waals surface area contributed by atoms with Crippen molar-refractivity contribution in [3.63, 3.8) is 0 Å². The number of hydrogen-bond donors (Lipinski definition) is 2. The number of carbonyl (C=O) groups is 1. The number of hydrogen-bond acceptors (Lipinski definition) is 3. The number of methoxy groups -OCH3 is 1. The molecule has 4 nitrogen and oxygen atoms in total. The van der Waals surface area contributed by atoms with Crippen LogP contribution in [0, 0.1) is 0 Å². The zero-order valence-electron chi connectivity index (χ0n) is 10.0. The van der Waals surface area contributed by atoms with Gasteiger partial charge in [-0.15, -0.1) is 0 Å². The number of nitrogens with two attached hydrogens (primary N) is 1. The lowest BCUT2D eigenvalue weighted by molar-refractivity contribution is -0.118. The Balaban J connectivity index is 1.98. The molecule has 17 heavy (non-hydrogen) atoms. The van der Waals surface area contributed by atoms with Crippen LogP contribution in [0.4, 0.5) is 5.69 Å². The molecule has 1 amide bonds. The van der Waals surface area contributed by atoms with E-state index in [0.29, 0.717) is 17.9 Å². The standard InChI is InChI=1S/C13H18N2O2/c1-17-11-6-3-2-5-10(11)15-12(16)9-13(14)7-4-8-13/h2-3,5-6H,4,7-9,14H2,1H3,(H,15,16). The fourth-order valence-electron chi connectivity index (χ4n) is 2.07. The Morgan fingerprint density at radius 3 is 2.76 bits per heavy atom. The molecule has 2 rings (SSSR count). The summed E-state index contributed by atoms with van der Waals surface area (Å²) in [6, 6.07) is 7.36. The topological polar surface area (TPSA) is 64.3 Å². The lowest BCUT2D eigenvalue weighted by Crippen LogP contribution is -2.48. The van der Waals surface area contributed by atoms with Crippen LogP contribution < -0.4 is 15.8 Å². The van der Waals surface area contributed by atoms with Gasteiger partial charge in [-0.1, -0.05) is 12.1 Å². The lowest BCUT2D eigenvalue weighted by Gasteiger charge is -2.37. The summed E-state index contributed by atoms with van der Waals surface area (Å²) in [5.41, 5.74) is 6.45. The van der Waals surface area contributed by atoms with Crippen LogP contribution in [0.25, 0.3) is 0 Å². The summed E-state index contributed by atoms with van der Waals surface area (Å²) in [4.78, 5) is 11.8. The van der Waals surface area contributed by atoms with Gasteiger partial charge < -0.3 is 15.8 Å². The number of ether oxygens (including phenoxy) is 1. The highest BCUT2D eigenvalue weighted by Crippen LogP contribution is 2.32. The molecule has 0 spiro atoms. The van der Waals surface area contributed by atoms with E-state index in [1.165, 1.54) is 0 Å². The van der Waals surface area contributed by atoms with Gasteiger partial charge in [-0.3, -0.25) is 4.79 Å². The molecule has 1 aliphatic rings. The van der Waals surface area contributed by atoms with Gasteiger partial charge in [0.1, 0.15) is 5.75 Å². The average Bonchev–Trinajstić information content (AvgIpc) is 2.27. The molecule has 0 aromatic heterocycles. The fraction of sp³-hybridized carbons (Fsp3) is 0.462. The van der Waals surface area contributed by atoms with Gasteiger partial charge >= 0.3 is 0 Å². The molecule has 92 valence electrons. The van der Waals surface area contributed by atoms with Crippen LogP contribution in [0.3, 0.4) is 0 Å². The first-order valence-electron chi connectivity index (χ1n) is 5.85. The van der Waals surface area contributed by atoms with E-state index in [4.69, 9.17) is 10.5 Å². The highest BCUT2D eigenvalue weighted by Gasteiger charge is 2.34. The number of carbonyl (C=O) groups excluding carboxylic acids is 1. The third-order valence-electron chi connectivity index (χ3n) is 3.24. The molecule has 0 unspecified atom stereocenters. The van der Waals surface area contributed by atoms with E-state index in [9.17, 15) is 4.79 Å². The van der Waals surface area contributed by atoms with E-state index < -0.39 is 0 Å². The van der Waals surface area contributed by atoms with E-state index in [1.54, 1.807) is 7.11 Å². The van der Waals surface area contributed by atoms with Gasteiger partial charge in [0.2, 0.25) is 5.91 Å². The highest BCUT2D eigenvalue weighted by atomic mass is 16.5. The third-order valence-corrected chi connectivity index (χ3v) is 3.24. The number of nitrogens with one attached hydrogen (secondary N) is 1. The van der Waals surface area contributed by atoms with Crippen molar-refractivity contribution in [3.05, 3.63) is 24.3 Å². The molecule has 1 aromatic rings. The Morgan fingerprint density at radius 1 is 1.47 bits per heavy atom. The number of anilines is 1. The molecule has 4 heteroatoms. The maximum Gasteiger partial charge on any atom is 0.226 e. The highest BCUT2D eigenvalue weighted by molar-refractivity contribution is 5.93. The van der Waals surface area contributed by atoms with E-state index in [-0.39, 0.29) is 11.4 Å². The minimum atomic E-state index is -0.286. The fourth-order valence-corrected chi connectivity index (χ4v) is 2.07. The zero-order chi connectivity index (χ0) is 12.3. The number of para-hydroxylation sites is 2. The maximum absolute atomic E-state index is 11.8. The van der Waals surface area contributed by atoms with Crippen molar-refractivity contribution < 1.29 is 9.53 Å². The van der Waals surface area contributed by atoms with Crippen molar-refractivity contribution in [2.45, 2.75) is 31.2 Å². The lowest BCUT2D eigenvalue weighted by atomic mass is 9.75. The quantitative estimate of drug-likeness (QED) is 0.836. The summed E-state index contributed by atoms with van der Waals surface area (Å²) in [5, 5.41) is 2.84. The van der Waals surface area contributed by atoms with Crippen molar-refractivity contribution >= 4 is 11.6 Å². The second kappa shape index (κ2) is 4.75. The maximum atomic E-state index is 11.8. The Labute approximate surface area is 101 Å². The van der Waals surface area contributed by atoms with Crippen molar-refractivity contribution in [1.82, 2.24) is 0 Å². The predicted octanol–water partition coefficient (Wildman–Crippen LogP) is 1.91. The van der Waals surface area contributed by atoms with Crippen molar-refractivity contribution in [2.75, 3.05) is 12.4 Å². The summed E-state index contributed by atoms with van der Waals surface area (Å²) < 4.78 is 5.17. The third kappa shape index (κ3) is 2.77. The largest absolute Gasteiger partial charge is 0.495 e. The van der Waals surface area contributed by atoms with Gasteiger partial charge in [0.15, 0.2) is 0 Å². The van der Waals surface area contributed by atoms with Crippen LogP contribution in [0.2, 0.25) is 0 Å². The van der Waals surface area contributed by atoms with Crippen molar-refractivity contribution in [2.24, 2.45) is 5.73 Å². The molecule has 1 aliphatic carbocycles. The Hall–Kier alpha value is -1.55. The number of rotatable bonds is 4.